The number of rotatable bonds is 4. The summed E-state index contributed by atoms with van der Waals surface area (Å²) in [5.41, 5.74) is 7.85. The molecule has 204 valence electrons. The maximum absolute atomic E-state index is 14.2. The number of likely N-dealkylation sites (tertiary alicyclic amines) is 1. The molecule has 2 bridgehead atoms. The molecule has 3 atom stereocenters. The van der Waals surface area contributed by atoms with Crippen LogP contribution in [-0.4, -0.2) is 34.6 Å². The highest BCUT2D eigenvalue weighted by atomic mass is 79.9. The first-order valence-corrected chi connectivity index (χ1v) is 14.4. The second-order valence-corrected chi connectivity index (χ2v) is 12.8. The van der Waals surface area contributed by atoms with Gasteiger partial charge in [0.2, 0.25) is 11.8 Å². The molecule has 3 aliphatic carbocycles. The molecule has 0 unspecified atom stereocenters. The first-order chi connectivity index (χ1) is 19.0. The number of hydrazine groups is 1. The van der Waals surface area contributed by atoms with Crippen molar-refractivity contribution in [3.05, 3.63) is 105 Å². The molecule has 40 heavy (non-hydrogen) atoms. The minimum atomic E-state index is -1.34. The Hall–Kier alpha value is -3.20. The van der Waals surface area contributed by atoms with E-state index >= 15 is 0 Å². The van der Waals surface area contributed by atoms with Gasteiger partial charge in [0.1, 0.15) is 15.8 Å². The number of imide groups is 1. The van der Waals surface area contributed by atoms with Gasteiger partial charge >= 0.3 is 0 Å². The molecule has 0 spiro atoms. The van der Waals surface area contributed by atoms with Crippen molar-refractivity contribution in [1.82, 2.24) is 15.8 Å². The molecule has 10 heteroatoms. The lowest BCUT2D eigenvalue weighted by Gasteiger charge is -2.54. The summed E-state index contributed by atoms with van der Waals surface area (Å²) in [4.78, 5) is 52.9. The van der Waals surface area contributed by atoms with Crippen LogP contribution in [0.2, 0.25) is 0 Å². The van der Waals surface area contributed by atoms with Crippen LogP contribution in [0.3, 0.4) is 0 Å². The topological polar surface area (TPSA) is 95.6 Å². The van der Waals surface area contributed by atoms with E-state index < -0.39 is 57.2 Å². The molecule has 2 N–H and O–H groups in total. The second-order valence-electron chi connectivity index (χ2n) is 10.7. The third kappa shape index (κ3) is 3.55. The lowest BCUT2D eigenvalue weighted by atomic mass is 9.54. The van der Waals surface area contributed by atoms with Crippen LogP contribution in [0.25, 0.3) is 0 Å². The third-order valence-electron chi connectivity index (χ3n) is 8.20. The summed E-state index contributed by atoms with van der Waals surface area (Å²) in [6, 6.07) is 20.1. The average molecular weight is 641 g/mol. The van der Waals surface area contributed by atoms with Gasteiger partial charge < -0.3 is 0 Å². The Morgan fingerprint density at radius 1 is 0.775 bits per heavy atom. The summed E-state index contributed by atoms with van der Waals surface area (Å²) in [5, 5.41) is 0. The number of carbonyl (C=O) groups is 4. The fourth-order valence-corrected chi connectivity index (χ4v) is 7.91. The predicted molar refractivity (Wildman–Crippen MR) is 153 cm³/mol. The van der Waals surface area contributed by atoms with E-state index in [0.29, 0.717) is 27.8 Å². The molecule has 4 aliphatic rings. The van der Waals surface area contributed by atoms with Crippen molar-refractivity contribution in [2.24, 2.45) is 17.8 Å². The summed E-state index contributed by atoms with van der Waals surface area (Å²) < 4.78 is 0.799. The zero-order valence-electron chi connectivity index (χ0n) is 21.5. The first-order valence-electron chi connectivity index (χ1n) is 12.8. The Labute approximate surface area is 249 Å². The molecule has 1 aliphatic heterocycles. The van der Waals surface area contributed by atoms with Gasteiger partial charge in [0.05, 0.1) is 11.8 Å². The number of benzene rings is 3. The van der Waals surface area contributed by atoms with Crippen LogP contribution in [0.1, 0.15) is 46.5 Å². The first kappa shape index (κ1) is 27.0. The van der Waals surface area contributed by atoms with Crippen LogP contribution < -0.4 is 10.9 Å². The molecule has 3 aromatic rings. The Morgan fingerprint density at radius 3 is 1.60 bits per heavy atom. The van der Waals surface area contributed by atoms with Crippen molar-refractivity contribution in [3.63, 3.8) is 0 Å². The summed E-state index contributed by atoms with van der Waals surface area (Å²) >= 11 is 18.3. The monoisotopic (exact) mass is 639 g/mol. The molecule has 3 aromatic carbocycles. The zero-order valence-corrected chi connectivity index (χ0v) is 24.5. The lowest BCUT2D eigenvalue weighted by molar-refractivity contribution is -0.150. The highest BCUT2D eigenvalue weighted by molar-refractivity contribution is 9.10. The molecule has 0 aromatic heterocycles. The predicted octanol–water partition coefficient (Wildman–Crippen LogP) is 4.83. The smallest absolute Gasteiger partial charge is 0.269 e. The molecule has 7 nitrogen and oxygen atoms in total. The van der Waals surface area contributed by atoms with E-state index in [-0.39, 0.29) is 0 Å². The van der Waals surface area contributed by atoms with Gasteiger partial charge in [0, 0.05) is 10.0 Å². The van der Waals surface area contributed by atoms with Crippen LogP contribution in [0.4, 0.5) is 0 Å². The SMILES string of the molecule is CC(C)[C@@H](C(=O)NNC(=O)c1ccc(Br)cc1)N1C(=O)[C@H]2[C@H](C1=O)C1(Cl)c3ccccc3C2(Cl)c2ccccc21. The number of carbonyl (C=O) groups excluding carboxylic acids is 4. The fourth-order valence-electron chi connectivity index (χ4n) is 6.55. The van der Waals surface area contributed by atoms with Crippen LogP contribution in [0.15, 0.2) is 77.3 Å². The molecule has 0 saturated carbocycles. The van der Waals surface area contributed by atoms with Crippen LogP contribution in [-0.2, 0) is 24.1 Å². The molecule has 1 heterocycles. The van der Waals surface area contributed by atoms with Gasteiger partial charge in [-0.3, -0.25) is 34.9 Å². The number of amides is 4. The lowest BCUT2D eigenvalue weighted by Crippen LogP contribution is -2.57. The number of alkyl halides is 2. The highest BCUT2D eigenvalue weighted by Gasteiger charge is 2.73. The van der Waals surface area contributed by atoms with Gasteiger partial charge in [-0.1, -0.05) is 78.3 Å². The molecule has 7 rings (SSSR count). The van der Waals surface area contributed by atoms with Gasteiger partial charge in [-0.2, -0.15) is 0 Å². The molecule has 4 amide bonds. The van der Waals surface area contributed by atoms with Crippen LogP contribution in [0.5, 0.6) is 0 Å². The van der Waals surface area contributed by atoms with Gasteiger partial charge in [-0.25, -0.2) is 0 Å². The third-order valence-corrected chi connectivity index (χ3v) is 10.0. The van der Waals surface area contributed by atoms with Crippen LogP contribution in [0, 0.1) is 17.8 Å². The Morgan fingerprint density at radius 2 is 1.20 bits per heavy atom. The Bertz CT molecular complexity index is 1470. The average Bonchev–Trinajstić information content (AvgIpc) is 3.21. The maximum atomic E-state index is 14.2. The van der Waals surface area contributed by atoms with Gasteiger partial charge in [0.25, 0.3) is 11.8 Å². The summed E-state index contributed by atoms with van der Waals surface area (Å²) in [6.45, 7) is 3.46. The highest BCUT2D eigenvalue weighted by Crippen LogP contribution is 2.69. The van der Waals surface area contributed by atoms with Crippen molar-refractivity contribution >= 4 is 62.8 Å². The fraction of sp³-hybridized carbons (Fsp3) is 0.267. The van der Waals surface area contributed by atoms with E-state index in [2.05, 4.69) is 26.8 Å². The number of nitrogens with zero attached hydrogens (tertiary/aromatic N) is 1. The second kappa shape index (κ2) is 9.43. The Balaban J connectivity index is 1.37. The van der Waals surface area contributed by atoms with Crippen molar-refractivity contribution in [2.75, 3.05) is 0 Å². The van der Waals surface area contributed by atoms with E-state index in [0.717, 1.165) is 9.37 Å². The summed E-state index contributed by atoms with van der Waals surface area (Å²) in [5.74, 6) is -4.88. The van der Waals surface area contributed by atoms with E-state index in [1.165, 1.54) is 0 Å². The molecule has 1 fully saturated rings. The van der Waals surface area contributed by atoms with Gasteiger partial charge in [0.15, 0.2) is 0 Å². The van der Waals surface area contributed by atoms with Crippen molar-refractivity contribution in [2.45, 2.75) is 29.6 Å². The minimum Gasteiger partial charge on any atom is -0.274 e. The number of hydrogen-bond acceptors (Lipinski definition) is 4. The molecular weight excluding hydrogens is 617 g/mol. The van der Waals surface area contributed by atoms with E-state index in [1.807, 2.05) is 48.5 Å². The standard InChI is InChI=1S/C30H24BrCl2N3O4/c1-15(2)24(26(38)35-34-25(37)16-11-13-17(31)14-12-16)36-27(39)22-23(28(36)40)30(33)19-8-4-3-7-18(19)29(22,32)20-9-5-6-10-21(20)30/h3-15,22-24H,1-2H3,(H,34,37)(H,35,38)/t22-,23-,24+,29?,30?/m1/s1. The van der Waals surface area contributed by atoms with Crippen molar-refractivity contribution in [1.29, 1.82) is 0 Å². The Kier molecular flexibility index (Phi) is 6.36. The number of nitrogens with one attached hydrogen (secondary N) is 2. The number of hydrogen-bond donors (Lipinski definition) is 2. The molecule has 1 saturated heterocycles. The summed E-state index contributed by atoms with van der Waals surface area (Å²) in [7, 11) is 0. The van der Waals surface area contributed by atoms with Crippen molar-refractivity contribution < 1.29 is 19.2 Å². The van der Waals surface area contributed by atoms with Gasteiger partial charge in [-0.15, -0.1) is 23.2 Å². The number of halogens is 3. The van der Waals surface area contributed by atoms with Gasteiger partial charge in [-0.05, 0) is 52.4 Å². The largest absolute Gasteiger partial charge is 0.274 e. The van der Waals surface area contributed by atoms with Crippen molar-refractivity contribution in [3.8, 4) is 0 Å². The normalized spacial score (nSPS) is 26.7. The molecular formula is C30H24BrCl2N3O4. The minimum absolute atomic E-state index is 0.323. The van der Waals surface area contributed by atoms with E-state index in [1.54, 1.807) is 38.1 Å². The molecule has 0 radical (unpaired) electrons. The maximum Gasteiger partial charge on any atom is 0.269 e. The van der Waals surface area contributed by atoms with Crippen LogP contribution >= 0.6 is 39.1 Å². The summed E-state index contributed by atoms with van der Waals surface area (Å²) in [6.07, 6.45) is 0. The quantitative estimate of drug-likeness (QED) is 0.243. The van der Waals surface area contributed by atoms with E-state index in [9.17, 15) is 19.2 Å². The zero-order chi connectivity index (χ0) is 28.6. The van der Waals surface area contributed by atoms with E-state index in [4.69, 9.17) is 23.2 Å².